The molecule has 2 amide bonds. The van der Waals surface area contributed by atoms with Crippen LogP contribution in [0.4, 0.5) is 4.39 Å². The minimum Gasteiger partial charge on any atom is -0.481 e. The highest BCUT2D eigenvalue weighted by Gasteiger charge is 2.15. The number of carboxylic acid groups (broad SMARTS) is 1. The molecule has 21 heavy (non-hydrogen) atoms. The lowest BCUT2D eigenvalue weighted by atomic mass is 10.1. The van der Waals surface area contributed by atoms with Crippen molar-refractivity contribution in [2.24, 2.45) is 0 Å². The van der Waals surface area contributed by atoms with Gasteiger partial charge in [-0.1, -0.05) is 13.0 Å². The van der Waals surface area contributed by atoms with Gasteiger partial charge >= 0.3 is 5.97 Å². The minimum absolute atomic E-state index is 0.111. The highest BCUT2D eigenvalue weighted by atomic mass is 19.1. The second-order valence-corrected chi connectivity index (χ2v) is 4.46. The smallest absolute Gasteiger partial charge is 0.305 e. The molecule has 1 aromatic rings. The molecule has 0 radical (unpaired) electrons. The first kappa shape index (κ1) is 16.6. The van der Waals surface area contributed by atoms with E-state index in [1.165, 1.54) is 18.2 Å². The molecule has 3 N–H and O–H groups in total. The zero-order valence-electron chi connectivity index (χ0n) is 11.6. The number of hydrogen-bond acceptors (Lipinski definition) is 3. The Balaban J connectivity index is 2.45. The predicted octanol–water partition coefficient (Wildman–Crippen LogP) is 0.925. The Morgan fingerprint density at radius 3 is 2.62 bits per heavy atom. The van der Waals surface area contributed by atoms with E-state index in [0.717, 1.165) is 6.07 Å². The molecule has 0 bridgehead atoms. The Morgan fingerprint density at radius 1 is 1.33 bits per heavy atom. The van der Waals surface area contributed by atoms with Gasteiger partial charge in [0.2, 0.25) is 5.91 Å². The molecular formula is C14H17FN2O4. The summed E-state index contributed by atoms with van der Waals surface area (Å²) in [4.78, 5) is 33.9. The number of carboxylic acids is 1. The van der Waals surface area contributed by atoms with Crippen LogP contribution in [-0.2, 0) is 9.59 Å². The van der Waals surface area contributed by atoms with Gasteiger partial charge in [0, 0.05) is 11.6 Å². The Bertz CT molecular complexity index is 533. The maximum absolute atomic E-state index is 13.0. The van der Waals surface area contributed by atoms with Crippen molar-refractivity contribution in [2.45, 2.75) is 25.8 Å². The van der Waals surface area contributed by atoms with E-state index in [1.807, 2.05) is 0 Å². The van der Waals surface area contributed by atoms with Crippen molar-refractivity contribution in [3.63, 3.8) is 0 Å². The van der Waals surface area contributed by atoms with Gasteiger partial charge in [-0.25, -0.2) is 4.39 Å². The van der Waals surface area contributed by atoms with Gasteiger partial charge in [-0.15, -0.1) is 0 Å². The number of aliphatic carboxylic acids is 1. The fourth-order valence-corrected chi connectivity index (χ4v) is 1.68. The van der Waals surface area contributed by atoms with Gasteiger partial charge in [0.1, 0.15) is 5.82 Å². The van der Waals surface area contributed by atoms with E-state index in [-0.39, 0.29) is 18.5 Å². The summed E-state index contributed by atoms with van der Waals surface area (Å²) < 4.78 is 13.0. The molecule has 0 saturated heterocycles. The number of nitrogens with one attached hydrogen (secondary N) is 2. The zero-order valence-corrected chi connectivity index (χ0v) is 11.6. The molecule has 0 spiro atoms. The van der Waals surface area contributed by atoms with Crippen LogP contribution in [0.1, 0.15) is 30.1 Å². The van der Waals surface area contributed by atoms with Crippen LogP contribution in [0.15, 0.2) is 24.3 Å². The number of carbonyl (C=O) groups is 3. The summed E-state index contributed by atoms with van der Waals surface area (Å²) in [5.74, 6) is -2.62. The predicted molar refractivity (Wildman–Crippen MR) is 73.2 cm³/mol. The fraction of sp³-hybridized carbons (Fsp3) is 0.357. The van der Waals surface area contributed by atoms with Crippen LogP contribution < -0.4 is 10.6 Å². The number of rotatable bonds is 7. The summed E-state index contributed by atoms with van der Waals surface area (Å²) in [5.41, 5.74) is 0.111. The summed E-state index contributed by atoms with van der Waals surface area (Å²) in [6.45, 7) is 1.45. The van der Waals surface area contributed by atoms with Crippen LogP contribution in [0.2, 0.25) is 0 Å². The minimum atomic E-state index is -1.01. The monoisotopic (exact) mass is 296 g/mol. The Hall–Kier alpha value is -2.44. The van der Waals surface area contributed by atoms with E-state index in [1.54, 1.807) is 6.92 Å². The van der Waals surface area contributed by atoms with Crippen LogP contribution in [0.3, 0.4) is 0 Å². The SMILES string of the molecule is CCC(CC(=O)O)NC(=O)CNC(=O)c1cccc(F)c1. The molecule has 0 aliphatic heterocycles. The molecule has 7 heteroatoms. The molecule has 6 nitrogen and oxygen atoms in total. The van der Waals surface area contributed by atoms with Crippen molar-refractivity contribution in [3.05, 3.63) is 35.6 Å². The molecule has 1 rings (SSSR count). The van der Waals surface area contributed by atoms with Gasteiger partial charge in [0.05, 0.1) is 13.0 Å². The van der Waals surface area contributed by atoms with Crippen LogP contribution in [-0.4, -0.2) is 35.5 Å². The summed E-state index contributed by atoms with van der Waals surface area (Å²) in [5, 5.41) is 13.5. The third kappa shape index (κ3) is 6.03. The van der Waals surface area contributed by atoms with Crippen LogP contribution in [0.25, 0.3) is 0 Å². The van der Waals surface area contributed by atoms with E-state index in [0.29, 0.717) is 6.42 Å². The van der Waals surface area contributed by atoms with Gasteiger partial charge in [-0.05, 0) is 24.6 Å². The van der Waals surface area contributed by atoms with Crippen molar-refractivity contribution in [3.8, 4) is 0 Å². The maximum Gasteiger partial charge on any atom is 0.305 e. The molecule has 0 fully saturated rings. The lowest BCUT2D eigenvalue weighted by Crippen LogP contribution is -2.42. The zero-order chi connectivity index (χ0) is 15.8. The van der Waals surface area contributed by atoms with E-state index in [9.17, 15) is 18.8 Å². The number of amides is 2. The average Bonchev–Trinajstić information content (AvgIpc) is 2.43. The standard InChI is InChI=1S/C14H17FN2O4/c1-2-11(7-13(19)20)17-12(18)8-16-14(21)9-4-3-5-10(15)6-9/h3-6,11H,2,7-8H2,1H3,(H,16,21)(H,17,18)(H,19,20). The van der Waals surface area contributed by atoms with E-state index in [4.69, 9.17) is 5.11 Å². The number of carbonyl (C=O) groups excluding carboxylic acids is 2. The molecule has 1 atom stereocenters. The van der Waals surface area contributed by atoms with E-state index in [2.05, 4.69) is 10.6 Å². The molecule has 0 aliphatic carbocycles. The molecule has 0 saturated carbocycles. The molecule has 0 aliphatic rings. The Labute approximate surface area is 121 Å². The van der Waals surface area contributed by atoms with Crippen molar-refractivity contribution in [1.29, 1.82) is 0 Å². The molecule has 0 heterocycles. The second kappa shape index (κ2) is 7.98. The Morgan fingerprint density at radius 2 is 2.05 bits per heavy atom. The fourth-order valence-electron chi connectivity index (χ4n) is 1.68. The van der Waals surface area contributed by atoms with Gasteiger partial charge < -0.3 is 15.7 Å². The maximum atomic E-state index is 13.0. The third-order valence-electron chi connectivity index (χ3n) is 2.78. The molecule has 1 unspecified atom stereocenters. The average molecular weight is 296 g/mol. The van der Waals surface area contributed by atoms with Crippen molar-refractivity contribution in [2.75, 3.05) is 6.54 Å². The number of benzene rings is 1. The molecular weight excluding hydrogens is 279 g/mol. The molecule has 1 aromatic carbocycles. The first-order valence-electron chi connectivity index (χ1n) is 6.47. The normalized spacial score (nSPS) is 11.5. The van der Waals surface area contributed by atoms with Crippen LogP contribution in [0, 0.1) is 5.82 Å². The number of hydrogen-bond donors (Lipinski definition) is 3. The topological polar surface area (TPSA) is 95.5 Å². The van der Waals surface area contributed by atoms with Gasteiger partial charge in [-0.2, -0.15) is 0 Å². The van der Waals surface area contributed by atoms with Crippen LogP contribution >= 0.6 is 0 Å². The Kier molecular flexibility index (Phi) is 6.32. The lowest BCUT2D eigenvalue weighted by Gasteiger charge is -2.15. The summed E-state index contributed by atoms with van der Waals surface area (Å²) >= 11 is 0. The molecule has 114 valence electrons. The summed E-state index contributed by atoms with van der Waals surface area (Å²) in [6.07, 6.45) is 0.288. The molecule has 0 aromatic heterocycles. The second-order valence-electron chi connectivity index (χ2n) is 4.46. The van der Waals surface area contributed by atoms with E-state index >= 15 is 0 Å². The first-order valence-corrected chi connectivity index (χ1v) is 6.47. The summed E-state index contributed by atoms with van der Waals surface area (Å²) in [7, 11) is 0. The van der Waals surface area contributed by atoms with Gasteiger partial charge in [-0.3, -0.25) is 14.4 Å². The van der Waals surface area contributed by atoms with Gasteiger partial charge in [0.15, 0.2) is 0 Å². The van der Waals surface area contributed by atoms with Crippen molar-refractivity contribution < 1.29 is 23.9 Å². The quantitative estimate of drug-likeness (QED) is 0.697. The largest absolute Gasteiger partial charge is 0.481 e. The van der Waals surface area contributed by atoms with Crippen molar-refractivity contribution in [1.82, 2.24) is 10.6 Å². The lowest BCUT2D eigenvalue weighted by molar-refractivity contribution is -0.137. The summed E-state index contributed by atoms with van der Waals surface area (Å²) in [6, 6.07) is 4.61. The van der Waals surface area contributed by atoms with Gasteiger partial charge in [0.25, 0.3) is 5.91 Å². The number of halogens is 1. The highest BCUT2D eigenvalue weighted by molar-refractivity contribution is 5.96. The third-order valence-corrected chi connectivity index (χ3v) is 2.78. The van der Waals surface area contributed by atoms with Crippen LogP contribution in [0.5, 0.6) is 0 Å². The van der Waals surface area contributed by atoms with E-state index < -0.39 is 29.6 Å². The highest BCUT2D eigenvalue weighted by Crippen LogP contribution is 2.03. The first-order chi connectivity index (χ1) is 9.92. The van der Waals surface area contributed by atoms with Crippen molar-refractivity contribution >= 4 is 17.8 Å².